The molecule has 160 valence electrons. The molecule has 0 amide bonds. The lowest BCUT2D eigenvalue weighted by atomic mass is 10.2. The van der Waals surface area contributed by atoms with E-state index in [9.17, 15) is 0 Å². The molecule has 0 aliphatic carbocycles. The largest absolute Gasteiger partial charge is 0.454 e. The van der Waals surface area contributed by atoms with Crippen LogP contribution in [0.15, 0.2) is 40.1 Å². The highest BCUT2D eigenvalue weighted by Crippen LogP contribution is 2.45. The zero-order valence-electron chi connectivity index (χ0n) is 16.6. The molecule has 0 saturated heterocycles. The van der Waals surface area contributed by atoms with Crippen LogP contribution in [0, 0.1) is 0 Å². The summed E-state index contributed by atoms with van der Waals surface area (Å²) in [6.45, 7) is 3.78. The molecule has 0 fully saturated rings. The first kappa shape index (κ1) is 20.4. The number of nitrogens with zero attached hydrogens (tertiary/aromatic N) is 5. The molecule has 5 rings (SSSR count). The number of hydrogen-bond donors (Lipinski definition) is 2. The van der Waals surface area contributed by atoms with Gasteiger partial charge in [0.2, 0.25) is 6.79 Å². The van der Waals surface area contributed by atoms with E-state index in [1.807, 2.05) is 17.5 Å². The third-order valence-electron chi connectivity index (χ3n) is 4.55. The number of hydrogen-bond acceptors (Lipinski definition) is 11. The lowest BCUT2D eigenvalue weighted by Crippen LogP contribution is -2.14. The number of nitrogens with two attached hydrogens (primary N) is 1. The number of nitrogens with one attached hydrogen (secondary N) is 1. The summed E-state index contributed by atoms with van der Waals surface area (Å²) in [6, 6.07) is 3.96. The Morgan fingerprint density at radius 1 is 1.23 bits per heavy atom. The molecule has 0 radical (unpaired) electrons. The Bertz CT molecular complexity index is 1210. The number of ether oxygens (including phenoxy) is 2. The number of anilines is 1. The van der Waals surface area contributed by atoms with E-state index < -0.39 is 0 Å². The van der Waals surface area contributed by atoms with Crippen molar-refractivity contribution in [2.75, 3.05) is 24.8 Å². The van der Waals surface area contributed by atoms with Crippen molar-refractivity contribution in [3.63, 3.8) is 0 Å². The molecule has 4 aromatic rings. The fraction of sp³-hybridized carbons (Fsp3) is 0.263. The molecule has 0 spiro atoms. The van der Waals surface area contributed by atoms with Gasteiger partial charge in [0.05, 0.1) is 0 Å². The molecular formula is C19H19N7O2S3. The first-order chi connectivity index (χ1) is 15.2. The standard InChI is InChI=1S/C19H19N7O2S3/c1-2-30-24-3-5-26-17-15(16(20)22-9-23-17)25-19(26)31-14-8-13-12(27-10-28-13)7-11(14)18-21-4-6-29-18/h4,6-9,24H,2-3,5,10H2,1H3,(H2,20,22,23). The minimum atomic E-state index is 0.214. The maximum Gasteiger partial charge on any atom is 0.231 e. The quantitative estimate of drug-likeness (QED) is 0.290. The molecule has 12 heteroatoms. The van der Waals surface area contributed by atoms with Crippen LogP contribution in [0.25, 0.3) is 21.7 Å². The third kappa shape index (κ3) is 4.03. The summed E-state index contributed by atoms with van der Waals surface area (Å²) >= 11 is 4.78. The lowest BCUT2D eigenvalue weighted by Gasteiger charge is -2.11. The summed E-state index contributed by atoms with van der Waals surface area (Å²) < 4.78 is 16.6. The van der Waals surface area contributed by atoms with Crippen molar-refractivity contribution >= 4 is 52.0 Å². The molecule has 0 unspecified atom stereocenters. The first-order valence-corrected chi connectivity index (χ1v) is 12.3. The number of fused-ring (bicyclic) bond motifs is 2. The number of imidazole rings is 1. The average Bonchev–Trinajstić information content (AvgIpc) is 3.51. The van der Waals surface area contributed by atoms with Crippen molar-refractivity contribution in [2.45, 2.75) is 23.5 Å². The van der Waals surface area contributed by atoms with Gasteiger partial charge in [0.15, 0.2) is 33.6 Å². The Kier molecular flexibility index (Phi) is 5.85. The van der Waals surface area contributed by atoms with Crippen LogP contribution in [0.1, 0.15) is 6.92 Å². The van der Waals surface area contributed by atoms with Crippen LogP contribution in [0.3, 0.4) is 0 Å². The highest BCUT2D eigenvalue weighted by molar-refractivity contribution is 7.99. The fourth-order valence-corrected chi connectivity index (χ4v) is 5.40. The first-order valence-electron chi connectivity index (χ1n) is 9.57. The zero-order chi connectivity index (χ0) is 21.2. The molecule has 4 heterocycles. The topological polar surface area (TPSA) is 113 Å². The van der Waals surface area contributed by atoms with Gasteiger partial charge in [-0.25, -0.2) is 19.9 Å². The minimum absolute atomic E-state index is 0.214. The van der Waals surface area contributed by atoms with E-state index >= 15 is 0 Å². The second-order valence-electron chi connectivity index (χ2n) is 6.45. The summed E-state index contributed by atoms with van der Waals surface area (Å²) in [5.41, 5.74) is 8.38. The van der Waals surface area contributed by atoms with Gasteiger partial charge in [-0.1, -0.05) is 30.6 Å². The maximum atomic E-state index is 6.09. The molecular weight excluding hydrogens is 454 g/mol. The van der Waals surface area contributed by atoms with Crippen molar-refractivity contribution in [3.05, 3.63) is 30.0 Å². The molecule has 0 bridgehead atoms. The van der Waals surface area contributed by atoms with Crippen molar-refractivity contribution in [1.82, 2.24) is 29.2 Å². The van der Waals surface area contributed by atoms with Crippen LogP contribution in [0.5, 0.6) is 11.5 Å². The van der Waals surface area contributed by atoms with E-state index in [4.69, 9.17) is 20.2 Å². The number of thiazole rings is 1. The van der Waals surface area contributed by atoms with Gasteiger partial charge in [0.1, 0.15) is 11.3 Å². The highest BCUT2D eigenvalue weighted by atomic mass is 32.2. The van der Waals surface area contributed by atoms with E-state index in [0.717, 1.165) is 44.3 Å². The van der Waals surface area contributed by atoms with Gasteiger partial charge in [-0.05, 0) is 12.1 Å². The fourth-order valence-electron chi connectivity index (χ4n) is 3.17. The second-order valence-corrected chi connectivity index (χ2v) is 9.50. The molecule has 3 aromatic heterocycles. The van der Waals surface area contributed by atoms with Crippen LogP contribution in [-0.4, -0.2) is 43.6 Å². The zero-order valence-corrected chi connectivity index (χ0v) is 19.0. The van der Waals surface area contributed by atoms with Crippen molar-refractivity contribution in [2.24, 2.45) is 0 Å². The van der Waals surface area contributed by atoms with Crippen LogP contribution >= 0.6 is 35.0 Å². The summed E-state index contributed by atoms with van der Waals surface area (Å²) in [4.78, 5) is 18.8. The van der Waals surface area contributed by atoms with Crippen molar-refractivity contribution in [1.29, 1.82) is 0 Å². The summed E-state index contributed by atoms with van der Waals surface area (Å²) in [7, 11) is 0. The highest BCUT2D eigenvalue weighted by Gasteiger charge is 2.23. The summed E-state index contributed by atoms with van der Waals surface area (Å²) in [6.07, 6.45) is 3.27. The van der Waals surface area contributed by atoms with Gasteiger partial charge in [0, 0.05) is 40.9 Å². The Labute approximate surface area is 190 Å². The molecule has 3 N–H and O–H groups in total. The molecule has 9 nitrogen and oxygen atoms in total. The Hall–Kier alpha value is -2.54. The average molecular weight is 474 g/mol. The van der Waals surface area contributed by atoms with E-state index in [-0.39, 0.29) is 6.79 Å². The Morgan fingerprint density at radius 3 is 2.90 bits per heavy atom. The Balaban J connectivity index is 1.57. The molecule has 31 heavy (non-hydrogen) atoms. The van der Waals surface area contributed by atoms with Crippen LogP contribution in [0.4, 0.5) is 5.82 Å². The van der Waals surface area contributed by atoms with Crippen molar-refractivity contribution in [3.8, 4) is 22.1 Å². The van der Waals surface area contributed by atoms with E-state index in [1.165, 1.54) is 18.1 Å². The van der Waals surface area contributed by atoms with Crippen LogP contribution in [-0.2, 0) is 6.54 Å². The molecule has 1 aliphatic rings. The van der Waals surface area contributed by atoms with Gasteiger partial charge in [-0.2, -0.15) is 0 Å². The smallest absolute Gasteiger partial charge is 0.231 e. The van der Waals surface area contributed by atoms with Gasteiger partial charge < -0.3 is 19.8 Å². The van der Waals surface area contributed by atoms with Crippen LogP contribution in [0.2, 0.25) is 0 Å². The van der Waals surface area contributed by atoms with E-state index in [1.54, 1.807) is 29.5 Å². The summed E-state index contributed by atoms with van der Waals surface area (Å²) in [5.74, 6) is 2.80. The monoisotopic (exact) mass is 473 g/mol. The number of nitrogen functional groups attached to an aromatic ring is 1. The number of aromatic nitrogens is 5. The predicted molar refractivity (Wildman–Crippen MR) is 124 cm³/mol. The third-order valence-corrected chi connectivity index (χ3v) is 7.10. The normalized spacial score (nSPS) is 12.7. The number of benzene rings is 1. The van der Waals surface area contributed by atoms with Crippen LogP contribution < -0.4 is 19.9 Å². The van der Waals surface area contributed by atoms with Crippen molar-refractivity contribution < 1.29 is 9.47 Å². The predicted octanol–water partition coefficient (Wildman–Crippen LogP) is 3.67. The Morgan fingerprint density at radius 2 is 2.10 bits per heavy atom. The van der Waals surface area contributed by atoms with Gasteiger partial charge in [-0.3, -0.25) is 4.72 Å². The minimum Gasteiger partial charge on any atom is -0.454 e. The van der Waals surface area contributed by atoms with E-state index in [2.05, 4.69) is 31.2 Å². The van der Waals surface area contributed by atoms with Gasteiger partial charge in [0.25, 0.3) is 0 Å². The maximum absolute atomic E-state index is 6.09. The van der Waals surface area contributed by atoms with E-state index in [0.29, 0.717) is 23.6 Å². The molecule has 0 atom stereocenters. The van der Waals surface area contributed by atoms with Gasteiger partial charge in [-0.15, -0.1) is 11.3 Å². The molecule has 1 aromatic carbocycles. The lowest BCUT2D eigenvalue weighted by molar-refractivity contribution is 0.174. The molecule has 0 saturated carbocycles. The van der Waals surface area contributed by atoms with Gasteiger partial charge >= 0.3 is 0 Å². The summed E-state index contributed by atoms with van der Waals surface area (Å²) in [5, 5.41) is 3.64. The second kappa shape index (κ2) is 8.91. The SMILES string of the molecule is CCSNCCn1c(Sc2cc3c(cc2-c2nccs2)OCO3)nc2c(N)ncnc21. The number of rotatable bonds is 8. The molecule has 1 aliphatic heterocycles.